The van der Waals surface area contributed by atoms with E-state index in [9.17, 15) is 19.5 Å². The molecule has 1 atom stereocenters. The fourth-order valence-corrected chi connectivity index (χ4v) is 5.53. The molecule has 4 rings (SSSR count). The van der Waals surface area contributed by atoms with E-state index < -0.39 is 23.7 Å². The Balaban J connectivity index is 1.91. The van der Waals surface area contributed by atoms with Crippen LogP contribution in [0.5, 0.6) is 17.2 Å². The number of aliphatic hydroxyl groups is 1. The third-order valence-corrected chi connectivity index (χ3v) is 7.52. The van der Waals surface area contributed by atoms with E-state index in [0.717, 1.165) is 17.8 Å². The number of hydrogen-bond acceptors (Lipinski definition) is 10. The molecule has 2 aromatic carbocycles. The Kier molecular flexibility index (Phi) is 9.84. The summed E-state index contributed by atoms with van der Waals surface area (Å²) in [4.78, 5) is 45.7. The van der Waals surface area contributed by atoms with Gasteiger partial charge in [-0.25, -0.2) is 9.78 Å². The molecule has 0 bridgehead atoms. The largest absolute Gasteiger partial charge is 0.507 e. The third kappa shape index (κ3) is 6.11. The standard InChI is InChI=1S/C31H34N2O8S/c1-6-16-41-22-15-12-20(17-23(22)39-8-3)25-24(26(34)19-10-13-21(14-11-19)38-7-2)27(35)29(36)33(25)31-32-18(5)28(42-31)30(37)40-9-4/h10-15,17,25,34H,6-9,16H2,1-5H3/b26-24+. The number of ketones is 1. The average molecular weight is 595 g/mol. The van der Waals surface area contributed by atoms with Crippen LogP contribution in [0, 0.1) is 6.92 Å². The molecular weight excluding hydrogens is 560 g/mol. The summed E-state index contributed by atoms with van der Waals surface area (Å²) in [6.07, 6.45) is 0.793. The number of hydrogen-bond donors (Lipinski definition) is 1. The molecule has 0 aliphatic carbocycles. The molecule has 10 nitrogen and oxygen atoms in total. The van der Waals surface area contributed by atoms with Gasteiger partial charge in [0.05, 0.1) is 43.7 Å². The third-order valence-electron chi connectivity index (χ3n) is 6.38. The molecule has 1 N–H and O–H groups in total. The second-order valence-electron chi connectivity index (χ2n) is 9.25. The van der Waals surface area contributed by atoms with Crippen LogP contribution in [0.15, 0.2) is 48.0 Å². The molecule has 1 aromatic heterocycles. The van der Waals surface area contributed by atoms with Crippen LogP contribution in [0.25, 0.3) is 5.76 Å². The van der Waals surface area contributed by atoms with Crippen LogP contribution >= 0.6 is 11.3 Å². The summed E-state index contributed by atoms with van der Waals surface area (Å²) in [5.41, 5.74) is 1.05. The lowest BCUT2D eigenvalue weighted by atomic mass is 9.95. The Morgan fingerprint density at radius 1 is 0.952 bits per heavy atom. The number of anilines is 1. The highest BCUT2D eigenvalue weighted by Crippen LogP contribution is 2.45. The molecular formula is C31H34N2O8S. The molecule has 42 heavy (non-hydrogen) atoms. The maximum absolute atomic E-state index is 13.6. The SMILES string of the molecule is CCCOc1ccc(C2/C(=C(\O)c3ccc(OCC)cc3)C(=O)C(=O)N2c2nc(C)c(C(=O)OCC)s2)cc1OCC. The van der Waals surface area contributed by atoms with E-state index in [1.165, 1.54) is 4.90 Å². The van der Waals surface area contributed by atoms with Crippen LogP contribution in [0.3, 0.4) is 0 Å². The zero-order chi connectivity index (χ0) is 30.4. The van der Waals surface area contributed by atoms with E-state index in [2.05, 4.69) is 4.98 Å². The number of esters is 1. The number of nitrogens with zero attached hydrogens (tertiary/aromatic N) is 2. The summed E-state index contributed by atoms with van der Waals surface area (Å²) in [6.45, 7) is 10.5. The highest BCUT2D eigenvalue weighted by atomic mass is 32.1. The predicted molar refractivity (Wildman–Crippen MR) is 159 cm³/mol. The van der Waals surface area contributed by atoms with Crippen molar-refractivity contribution in [3.05, 3.63) is 69.7 Å². The van der Waals surface area contributed by atoms with Crippen molar-refractivity contribution in [1.82, 2.24) is 4.98 Å². The fraction of sp³-hybridized carbons (Fsp3) is 0.355. The van der Waals surface area contributed by atoms with E-state index in [-0.39, 0.29) is 27.9 Å². The van der Waals surface area contributed by atoms with Crippen molar-refractivity contribution >= 4 is 39.9 Å². The van der Waals surface area contributed by atoms with Gasteiger partial charge < -0.3 is 24.1 Å². The lowest BCUT2D eigenvalue weighted by molar-refractivity contribution is -0.132. The highest BCUT2D eigenvalue weighted by Gasteiger charge is 2.48. The number of benzene rings is 2. The van der Waals surface area contributed by atoms with Gasteiger partial charge in [-0.3, -0.25) is 14.5 Å². The first kappa shape index (κ1) is 30.6. The lowest BCUT2D eigenvalue weighted by Gasteiger charge is -2.24. The van der Waals surface area contributed by atoms with Gasteiger partial charge in [-0.1, -0.05) is 24.3 Å². The van der Waals surface area contributed by atoms with Gasteiger partial charge in [0, 0.05) is 5.56 Å². The van der Waals surface area contributed by atoms with E-state index in [1.54, 1.807) is 56.3 Å². The number of Topliss-reactive ketones (excluding diaryl/α,β-unsaturated/α-hetero) is 1. The number of carbonyl (C=O) groups excluding carboxylic acids is 3. The van der Waals surface area contributed by atoms with Crippen molar-refractivity contribution in [2.24, 2.45) is 0 Å². The molecule has 1 unspecified atom stereocenters. The number of aromatic nitrogens is 1. The van der Waals surface area contributed by atoms with Gasteiger partial charge in [0.15, 0.2) is 16.6 Å². The summed E-state index contributed by atoms with van der Waals surface area (Å²) in [7, 11) is 0. The highest BCUT2D eigenvalue weighted by molar-refractivity contribution is 7.17. The second kappa shape index (κ2) is 13.5. The number of rotatable bonds is 12. The number of ether oxygens (including phenoxy) is 4. The summed E-state index contributed by atoms with van der Waals surface area (Å²) < 4.78 is 22.3. The van der Waals surface area contributed by atoms with Crippen LogP contribution in [0.1, 0.15) is 66.7 Å². The monoisotopic (exact) mass is 594 g/mol. The van der Waals surface area contributed by atoms with Gasteiger partial charge in [-0.05, 0) is 76.1 Å². The molecule has 0 radical (unpaired) electrons. The number of amides is 1. The number of aryl methyl sites for hydroxylation is 1. The number of carbonyl (C=O) groups is 3. The topological polar surface area (TPSA) is 124 Å². The van der Waals surface area contributed by atoms with Crippen LogP contribution in [-0.4, -0.2) is 54.2 Å². The fourth-order valence-electron chi connectivity index (χ4n) is 4.54. The van der Waals surface area contributed by atoms with Gasteiger partial charge in [0.2, 0.25) is 0 Å². The first-order chi connectivity index (χ1) is 20.2. The van der Waals surface area contributed by atoms with Gasteiger partial charge in [-0.2, -0.15) is 0 Å². The van der Waals surface area contributed by atoms with Crippen LogP contribution < -0.4 is 19.1 Å². The molecule has 1 saturated heterocycles. The Morgan fingerprint density at radius 3 is 2.31 bits per heavy atom. The van der Waals surface area contributed by atoms with Crippen molar-refractivity contribution in [1.29, 1.82) is 0 Å². The van der Waals surface area contributed by atoms with Crippen LogP contribution in [0.2, 0.25) is 0 Å². The van der Waals surface area contributed by atoms with Gasteiger partial charge in [-0.15, -0.1) is 0 Å². The molecule has 1 fully saturated rings. The van der Waals surface area contributed by atoms with Gasteiger partial charge in [0.1, 0.15) is 16.4 Å². The van der Waals surface area contributed by atoms with E-state index in [4.69, 9.17) is 18.9 Å². The zero-order valence-electron chi connectivity index (χ0n) is 24.3. The second-order valence-corrected chi connectivity index (χ2v) is 10.2. The minimum absolute atomic E-state index is 0.123. The molecule has 11 heteroatoms. The molecule has 1 amide bonds. The van der Waals surface area contributed by atoms with Crippen molar-refractivity contribution < 1.29 is 38.4 Å². The summed E-state index contributed by atoms with van der Waals surface area (Å²) in [5.74, 6) is -1.16. The van der Waals surface area contributed by atoms with Gasteiger partial charge >= 0.3 is 11.9 Å². The lowest BCUT2D eigenvalue weighted by Crippen LogP contribution is -2.29. The summed E-state index contributed by atoms with van der Waals surface area (Å²) in [6, 6.07) is 10.6. The molecule has 1 aliphatic heterocycles. The first-order valence-electron chi connectivity index (χ1n) is 13.8. The quantitative estimate of drug-likeness (QED) is 0.119. The molecule has 0 saturated carbocycles. The smallest absolute Gasteiger partial charge is 0.350 e. The van der Waals surface area contributed by atoms with Gasteiger partial charge in [0.25, 0.3) is 5.78 Å². The van der Waals surface area contributed by atoms with Crippen LogP contribution in [-0.2, 0) is 14.3 Å². The van der Waals surface area contributed by atoms with Crippen LogP contribution in [0.4, 0.5) is 5.13 Å². The summed E-state index contributed by atoms with van der Waals surface area (Å²) in [5, 5.41) is 11.6. The Bertz CT molecular complexity index is 1500. The molecule has 1 aliphatic rings. The Morgan fingerprint density at radius 2 is 1.67 bits per heavy atom. The number of aliphatic hydroxyl groups excluding tert-OH is 1. The maximum atomic E-state index is 13.6. The Labute approximate surface area is 248 Å². The normalized spacial score (nSPS) is 16.0. The Hall–Kier alpha value is -4.38. The van der Waals surface area contributed by atoms with Crippen molar-refractivity contribution in [2.75, 3.05) is 31.3 Å². The average Bonchev–Trinajstić information content (AvgIpc) is 3.49. The molecule has 222 valence electrons. The number of thiazole rings is 1. The van der Waals surface area contributed by atoms with E-state index in [0.29, 0.717) is 53.9 Å². The minimum Gasteiger partial charge on any atom is -0.507 e. The predicted octanol–water partition coefficient (Wildman–Crippen LogP) is 5.84. The van der Waals surface area contributed by atoms with E-state index >= 15 is 0 Å². The van der Waals surface area contributed by atoms with E-state index in [1.807, 2.05) is 20.8 Å². The van der Waals surface area contributed by atoms with Crippen molar-refractivity contribution in [2.45, 2.75) is 47.1 Å². The molecule has 3 aromatic rings. The first-order valence-corrected chi connectivity index (χ1v) is 14.6. The zero-order valence-corrected chi connectivity index (χ0v) is 25.1. The van der Waals surface area contributed by atoms with Crippen molar-refractivity contribution in [3.8, 4) is 17.2 Å². The van der Waals surface area contributed by atoms with Crippen molar-refractivity contribution in [3.63, 3.8) is 0 Å². The maximum Gasteiger partial charge on any atom is 0.350 e. The summed E-state index contributed by atoms with van der Waals surface area (Å²) >= 11 is 0.945. The minimum atomic E-state index is -1.07. The molecule has 2 heterocycles. The molecule has 0 spiro atoms.